The molecule has 0 amide bonds. The maximum atomic E-state index is 6.08. The summed E-state index contributed by atoms with van der Waals surface area (Å²) < 4.78 is 6.65. The number of nitrogens with zero attached hydrogens (tertiary/aromatic N) is 1. The number of nitrogen functional groups attached to an aromatic ring is 1. The quantitative estimate of drug-likeness (QED) is 0.816. The zero-order chi connectivity index (χ0) is 14.7. The molecule has 0 bridgehead atoms. The van der Waals surface area contributed by atoms with E-state index in [1.54, 1.807) is 0 Å². The van der Waals surface area contributed by atoms with Crippen molar-refractivity contribution in [3.63, 3.8) is 0 Å². The summed E-state index contributed by atoms with van der Waals surface area (Å²) in [6, 6.07) is 5.98. The highest BCUT2D eigenvalue weighted by Gasteiger charge is 2.39. The lowest BCUT2D eigenvalue weighted by molar-refractivity contribution is -0.0119. The van der Waals surface area contributed by atoms with Crippen molar-refractivity contribution in [2.45, 2.75) is 31.2 Å². The molecule has 5 heteroatoms. The van der Waals surface area contributed by atoms with Crippen molar-refractivity contribution in [2.24, 2.45) is 0 Å². The van der Waals surface area contributed by atoms with Crippen LogP contribution in [0.1, 0.15) is 25.7 Å². The second-order valence-electron chi connectivity index (χ2n) is 6.12. The molecule has 2 aliphatic rings. The maximum Gasteiger partial charge on any atom is 0.0585 e. The van der Waals surface area contributed by atoms with Gasteiger partial charge >= 0.3 is 0 Å². The molecule has 2 aliphatic heterocycles. The number of hydrogen-bond donors (Lipinski definition) is 2. The fourth-order valence-electron chi connectivity index (χ4n) is 3.49. The predicted molar refractivity (Wildman–Crippen MR) is 90.6 cm³/mol. The number of benzene rings is 1. The second-order valence-corrected chi connectivity index (χ2v) is 7.03. The van der Waals surface area contributed by atoms with E-state index in [-0.39, 0.29) is 5.54 Å². The average Bonchev–Trinajstić information content (AvgIpc) is 3.04. The van der Waals surface area contributed by atoms with Gasteiger partial charge in [-0.05, 0) is 57.0 Å². The Morgan fingerprint density at radius 1 is 1.24 bits per heavy atom. The van der Waals surface area contributed by atoms with Gasteiger partial charge < -0.3 is 15.8 Å². The van der Waals surface area contributed by atoms with Crippen LogP contribution < -0.4 is 11.1 Å². The van der Waals surface area contributed by atoms with Crippen molar-refractivity contribution in [3.05, 3.63) is 22.7 Å². The lowest BCUT2D eigenvalue weighted by atomic mass is 9.88. The molecule has 21 heavy (non-hydrogen) atoms. The Hall–Kier alpha value is -0.780. The van der Waals surface area contributed by atoms with Gasteiger partial charge in [0.2, 0.25) is 0 Å². The highest BCUT2D eigenvalue weighted by molar-refractivity contribution is 9.10. The second kappa shape index (κ2) is 6.55. The average molecular weight is 354 g/mol. The van der Waals surface area contributed by atoms with Crippen molar-refractivity contribution >= 4 is 27.3 Å². The molecule has 0 aliphatic carbocycles. The van der Waals surface area contributed by atoms with Gasteiger partial charge in [0.25, 0.3) is 0 Å². The number of halogens is 1. The lowest BCUT2D eigenvalue weighted by Crippen LogP contribution is -2.55. The molecule has 2 heterocycles. The minimum absolute atomic E-state index is 0.226. The van der Waals surface area contributed by atoms with Crippen LogP contribution in [0, 0.1) is 0 Å². The van der Waals surface area contributed by atoms with E-state index in [0.717, 1.165) is 48.4 Å². The summed E-state index contributed by atoms with van der Waals surface area (Å²) in [4.78, 5) is 2.66. The molecule has 0 unspecified atom stereocenters. The van der Waals surface area contributed by atoms with E-state index in [1.165, 1.54) is 25.9 Å². The van der Waals surface area contributed by atoms with E-state index in [0.29, 0.717) is 0 Å². The van der Waals surface area contributed by atoms with Gasteiger partial charge in [-0.25, -0.2) is 0 Å². The normalized spacial score (nSPS) is 22.3. The molecular formula is C16H24BrN3O. The van der Waals surface area contributed by atoms with Crippen molar-refractivity contribution in [1.29, 1.82) is 0 Å². The molecular weight excluding hydrogens is 330 g/mol. The van der Waals surface area contributed by atoms with Gasteiger partial charge in [-0.1, -0.05) is 15.9 Å². The number of rotatable bonds is 4. The van der Waals surface area contributed by atoms with Crippen molar-refractivity contribution in [2.75, 3.05) is 43.9 Å². The maximum absolute atomic E-state index is 6.08. The van der Waals surface area contributed by atoms with Gasteiger partial charge in [-0.3, -0.25) is 4.90 Å². The van der Waals surface area contributed by atoms with Gasteiger partial charge in [0.15, 0.2) is 0 Å². The van der Waals surface area contributed by atoms with Crippen molar-refractivity contribution in [1.82, 2.24) is 4.90 Å². The number of nitrogens with two attached hydrogens (primary N) is 1. The smallest absolute Gasteiger partial charge is 0.0585 e. The van der Waals surface area contributed by atoms with E-state index in [9.17, 15) is 0 Å². The highest BCUT2D eigenvalue weighted by Crippen LogP contribution is 2.32. The van der Waals surface area contributed by atoms with Crippen LogP contribution in [0.15, 0.2) is 22.7 Å². The van der Waals surface area contributed by atoms with Crippen LogP contribution in [-0.2, 0) is 4.74 Å². The number of hydrogen-bond acceptors (Lipinski definition) is 4. The summed E-state index contributed by atoms with van der Waals surface area (Å²) in [6.45, 7) is 5.11. The molecule has 0 aromatic heterocycles. The summed E-state index contributed by atoms with van der Waals surface area (Å²) in [5, 5.41) is 3.59. The van der Waals surface area contributed by atoms with E-state index in [2.05, 4.69) is 32.2 Å². The van der Waals surface area contributed by atoms with Crippen LogP contribution in [0.5, 0.6) is 0 Å². The first-order valence-corrected chi connectivity index (χ1v) is 8.61. The van der Waals surface area contributed by atoms with Crippen LogP contribution in [0.4, 0.5) is 11.4 Å². The van der Waals surface area contributed by atoms with E-state index < -0.39 is 0 Å². The van der Waals surface area contributed by atoms with Gasteiger partial charge in [0.1, 0.15) is 0 Å². The van der Waals surface area contributed by atoms with Crippen LogP contribution in [0.25, 0.3) is 0 Å². The van der Waals surface area contributed by atoms with Crippen LogP contribution >= 0.6 is 15.9 Å². The van der Waals surface area contributed by atoms with Gasteiger partial charge in [-0.2, -0.15) is 0 Å². The summed E-state index contributed by atoms with van der Waals surface area (Å²) in [7, 11) is 0. The highest BCUT2D eigenvalue weighted by atomic mass is 79.9. The van der Waals surface area contributed by atoms with Crippen molar-refractivity contribution < 1.29 is 4.74 Å². The van der Waals surface area contributed by atoms with E-state index in [1.807, 2.05) is 12.1 Å². The summed E-state index contributed by atoms with van der Waals surface area (Å²) in [6.07, 6.45) is 4.85. The predicted octanol–water partition coefficient (Wildman–Crippen LogP) is 3.09. The van der Waals surface area contributed by atoms with Gasteiger partial charge in [0, 0.05) is 29.8 Å². The molecule has 116 valence electrons. The minimum atomic E-state index is 0.226. The first-order chi connectivity index (χ1) is 10.2. The number of ether oxygens (including phenoxy) is 1. The number of nitrogens with one attached hydrogen (secondary N) is 1. The fraction of sp³-hybridized carbons (Fsp3) is 0.625. The Kier molecular flexibility index (Phi) is 4.72. The zero-order valence-electron chi connectivity index (χ0n) is 12.4. The molecule has 0 radical (unpaired) electrons. The molecule has 1 aromatic carbocycles. The minimum Gasteiger partial charge on any atom is -0.397 e. The molecule has 2 fully saturated rings. The van der Waals surface area contributed by atoms with Gasteiger partial charge in [-0.15, -0.1) is 0 Å². The number of anilines is 2. The Bertz CT molecular complexity index is 482. The van der Waals surface area contributed by atoms with E-state index in [4.69, 9.17) is 10.5 Å². The third-order valence-electron chi connectivity index (χ3n) is 4.82. The fourth-order valence-corrected chi connectivity index (χ4v) is 3.85. The Morgan fingerprint density at radius 3 is 2.67 bits per heavy atom. The van der Waals surface area contributed by atoms with Gasteiger partial charge in [0.05, 0.1) is 11.4 Å². The van der Waals surface area contributed by atoms with Crippen LogP contribution in [0.2, 0.25) is 0 Å². The molecule has 4 nitrogen and oxygen atoms in total. The first-order valence-electron chi connectivity index (χ1n) is 7.81. The lowest BCUT2D eigenvalue weighted by Gasteiger charge is -2.45. The molecule has 3 N–H and O–H groups in total. The van der Waals surface area contributed by atoms with Crippen LogP contribution in [-0.4, -0.2) is 43.3 Å². The molecule has 3 rings (SSSR count). The third-order valence-corrected chi connectivity index (χ3v) is 5.32. The van der Waals surface area contributed by atoms with Crippen LogP contribution in [0.3, 0.4) is 0 Å². The largest absolute Gasteiger partial charge is 0.397 e. The standard InChI is InChI=1S/C16H24BrN3O/c17-13-3-4-14(18)15(11-13)19-12-16(5-9-21-10-6-16)20-7-1-2-8-20/h3-4,11,19H,1-2,5-10,12,18H2. The molecule has 0 saturated carbocycles. The number of likely N-dealkylation sites (tertiary alicyclic amines) is 1. The molecule has 0 atom stereocenters. The summed E-state index contributed by atoms with van der Waals surface area (Å²) in [5.74, 6) is 0. The topological polar surface area (TPSA) is 50.5 Å². The first kappa shape index (κ1) is 15.1. The molecule has 0 spiro atoms. The Balaban J connectivity index is 1.73. The monoisotopic (exact) mass is 353 g/mol. The molecule has 2 saturated heterocycles. The SMILES string of the molecule is Nc1ccc(Br)cc1NCC1(N2CCCC2)CCOCC1. The summed E-state index contributed by atoms with van der Waals surface area (Å²) in [5.41, 5.74) is 8.14. The van der Waals surface area contributed by atoms with E-state index >= 15 is 0 Å². The Morgan fingerprint density at radius 2 is 1.95 bits per heavy atom. The van der Waals surface area contributed by atoms with Crippen molar-refractivity contribution in [3.8, 4) is 0 Å². The molecule has 1 aromatic rings. The summed E-state index contributed by atoms with van der Waals surface area (Å²) >= 11 is 3.52. The zero-order valence-corrected chi connectivity index (χ0v) is 14.0. The third kappa shape index (κ3) is 3.35. The Labute approximate surface area is 135 Å².